The molecule has 1 aromatic carbocycles. The number of nitrogens with two attached hydrogens (primary N) is 1. The van der Waals surface area contributed by atoms with E-state index >= 15 is 0 Å². The third kappa shape index (κ3) is 3.07. The first kappa shape index (κ1) is 13.0. The van der Waals surface area contributed by atoms with Crippen LogP contribution in [0.2, 0.25) is 0 Å². The van der Waals surface area contributed by atoms with Crippen molar-refractivity contribution in [3.63, 3.8) is 0 Å². The predicted molar refractivity (Wildman–Crippen MR) is 68.8 cm³/mol. The molecule has 18 heavy (non-hydrogen) atoms. The average Bonchev–Trinajstić information content (AvgIpc) is 2.35. The van der Waals surface area contributed by atoms with Crippen LogP contribution >= 0.6 is 0 Å². The van der Waals surface area contributed by atoms with Gasteiger partial charge < -0.3 is 11.1 Å². The first-order valence-electron chi connectivity index (χ1n) is 6.39. The minimum atomic E-state index is -0.467. The van der Waals surface area contributed by atoms with Gasteiger partial charge in [-0.25, -0.2) is 4.39 Å². The van der Waals surface area contributed by atoms with Crippen molar-refractivity contribution >= 4 is 5.91 Å². The molecule has 0 aromatic heterocycles. The third-order valence-electron chi connectivity index (χ3n) is 3.47. The van der Waals surface area contributed by atoms with Crippen LogP contribution in [0.4, 0.5) is 4.39 Å². The number of hydrogen-bond donors (Lipinski definition) is 2. The SMILES string of the molecule is Cc1ccc(F)c(C(=O)NC2CCC(N)CC2)c1. The lowest BCUT2D eigenvalue weighted by molar-refractivity contribution is 0.0921. The Morgan fingerprint density at radius 2 is 2.00 bits per heavy atom. The average molecular weight is 250 g/mol. The van der Waals surface area contributed by atoms with Gasteiger partial charge in [0.05, 0.1) is 5.56 Å². The molecule has 0 radical (unpaired) electrons. The van der Waals surface area contributed by atoms with E-state index in [1.54, 1.807) is 12.1 Å². The number of aryl methyl sites for hydroxylation is 1. The number of benzene rings is 1. The van der Waals surface area contributed by atoms with E-state index in [1.807, 2.05) is 6.92 Å². The van der Waals surface area contributed by atoms with Crippen LogP contribution in [0, 0.1) is 12.7 Å². The summed E-state index contributed by atoms with van der Waals surface area (Å²) in [5, 5.41) is 2.89. The zero-order chi connectivity index (χ0) is 13.1. The second-order valence-electron chi connectivity index (χ2n) is 5.07. The third-order valence-corrected chi connectivity index (χ3v) is 3.47. The van der Waals surface area contributed by atoms with Gasteiger partial charge in [-0.05, 0) is 44.7 Å². The molecular formula is C14H19FN2O. The summed E-state index contributed by atoms with van der Waals surface area (Å²) in [7, 11) is 0. The number of carbonyl (C=O) groups is 1. The Labute approximate surface area is 107 Å². The molecule has 0 saturated heterocycles. The molecule has 0 bridgehead atoms. The molecule has 0 spiro atoms. The Kier molecular flexibility index (Phi) is 3.97. The maximum Gasteiger partial charge on any atom is 0.254 e. The number of amides is 1. The number of hydrogen-bond acceptors (Lipinski definition) is 2. The van der Waals surface area contributed by atoms with E-state index in [2.05, 4.69) is 5.32 Å². The van der Waals surface area contributed by atoms with Crippen LogP contribution < -0.4 is 11.1 Å². The van der Waals surface area contributed by atoms with Crippen LogP contribution in [-0.4, -0.2) is 18.0 Å². The van der Waals surface area contributed by atoms with E-state index in [-0.39, 0.29) is 23.6 Å². The van der Waals surface area contributed by atoms with Crippen LogP contribution in [0.25, 0.3) is 0 Å². The van der Waals surface area contributed by atoms with E-state index in [4.69, 9.17) is 5.73 Å². The molecule has 3 N–H and O–H groups in total. The summed E-state index contributed by atoms with van der Waals surface area (Å²) in [6.07, 6.45) is 3.59. The summed E-state index contributed by atoms with van der Waals surface area (Å²) in [4.78, 5) is 12.0. The molecule has 0 heterocycles. The van der Waals surface area contributed by atoms with Gasteiger partial charge in [0.15, 0.2) is 0 Å². The molecule has 98 valence electrons. The lowest BCUT2D eigenvalue weighted by Gasteiger charge is -2.26. The molecule has 2 rings (SSSR count). The largest absolute Gasteiger partial charge is 0.349 e. The van der Waals surface area contributed by atoms with Crippen molar-refractivity contribution in [2.75, 3.05) is 0 Å². The van der Waals surface area contributed by atoms with Gasteiger partial charge in [0.1, 0.15) is 5.82 Å². The van der Waals surface area contributed by atoms with Crippen LogP contribution in [0.15, 0.2) is 18.2 Å². The van der Waals surface area contributed by atoms with Crippen molar-refractivity contribution in [1.82, 2.24) is 5.32 Å². The summed E-state index contributed by atoms with van der Waals surface area (Å²) in [6.45, 7) is 1.84. The highest BCUT2D eigenvalue weighted by atomic mass is 19.1. The second kappa shape index (κ2) is 5.48. The van der Waals surface area contributed by atoms with Gasteiger partial charge in [-0.3, -0.25) is 4.79 Å². The van der Waals surface area contributed by atoms with Crippen LogP contribution in [0.5, 0.6) is 0 Å². The van der Waals surface area contributed by atoms with Gasteiger partial charge in [-0.2, -0.15) is 0 Å². The Morgan fingerprint density at radius 3 is 2.67 bits per heavy atom. The van der Waals surface area contributed by atoms with Gasteiger partial charge in [0.25, 0.3) is 5.91 Å². The normalized spacial score (nSPS) is 23.7. The van der Waals surface area contributed by atoms with Crippen molar-refractivity contribution in [2.24, 2.45) is 5.73 Å². The van der Waals surface area contributed by atoms with Gasteiger partial charge in [0.2, 0.25) is 0 Å². The van der Waals surface area contributed by atoms with Crippen molar-refractivity contribution in [1.29, 1.82) is 0 Å². The summed E-state index contributed by atoms with van der Waals surface area (Å²) >= 11 is 0. The maximum absolute atomic E-state index is 13.6. The number of carbonyl (C=O) groups excluding carboxylic acids is 1. The first-order chi connectivity index (χ1) is 8.56. The molecule has 4 heteroatoms. The minimum Gasteiger partial charge on any atom is -0.349 e. The standard InChI is InChI=1S/C14H19FN2O/c1-9-2-7-13(15)12(8-9)14(18)17-11-5-3-10(16)4-6-11/h2,7-8,10-11H,3-6,16H2,1H3,(H,17,18). The van der Waals surface area contributed by atoms with E-state index in [0.29, 0.717) is 0 Å². The predicted octanol–water partition coefficient (Wildman–Crippen LogP) is 2.13. The zero-order valence-electron chi connectivity index (χ0n) is 10.6. The van der Waals surface area contributed by atoms with Crippen molar-refractivity contribution in [3.8, 4) is 0 Å². The molecule has 0 atom stereocenters. The van der Waals surface area contributed by atoms with Gasteiger partial charge in [-0.15, -0.1) is 0 Å². The molecule has 1 saturated carbocycles. The van der Waals surface area contributed by atoms with Gasteiger partial charge in [-0.1, -0.05) is 11.6 Å². The van der Waals surface area contributed by atoms with E-state index in [0.717, 1.165) is 31.2 Å². The molecule has 1 aliphatic carbocycles. The zero-order valence-corrected chi connectivity index (χ0v) is 10.6. The fourth-order valence-electron chi connectivity index (χ4n) is 2.34. The highest BCUT2D eigenvalue weighted by Gasteiger charge is 2.21. The number of nitrogens with one attached hydrogen (secondary N) is 1. The molecule has 1 aliphatic rings. The molecule has 0 aliphatic heterocycles. The lowest BCUT2D eigenvalue weighted by Crippen LogP contribution is -2.40. The molecule has 1 aromatic rings. The first-order valence-corrected chi connectivity index (χ1v) is 6.39. The highest BCUT2D eigenvalue weighted by molar-refractivity contribution is 5.94. The lowest BCUT2D eigenvalue weighted by atomic mass is 9.91. The van der Waals surface area contributed by atoms with Crippen molar-refractivity contribution in [3.05, 3.63) is 35.1 Å². The van der Waals surface area contributed by atoms with Crippen molar-refractivity contribution < 1.29 is 9.18 Å². The smallest absolute Gasteiger partial charge is 0.254 e. The van der Waals surface area contributed by atoms with E-state index in [9.17, 15) is 9.18 Å². The molecule has 3 nitrogen and oxygen atoms in total. The van der Waals surface area contributed by atoms with E-state index < -0.39 is 5.82 Å². The molecular weight excluding hydrogens is 231 g/mol. The Hall–Kier alpha value is -1.42. The fraction of sp³-hybridized carbons (Fsp3) is 0.500. The van der Waals surface area contributed by atoms with Crippen LogP contribution in [0.3, 0.4) is 0 Å². The van der Waals surface area contributed by atoms with E-state index in [1.165, 1.54) is 6.07 Å². The molecule has 1 fully saturated rings. The quantitative estimate of drug-likeness (QED) is 0.845. The molecule has 0 unspecified atom stereocenters. The Balaban J connectivity index is 2.01. The summed E-state index contributed by atoms with van der Waals surface area (Å²) < 4.78 is 13.6. The maximum atomic E-state index is 13.6. The fourth-order valence-corrected chi connectivity index (χ4v) is 2.34. The number of halogens is 1. The minimum absolute atomic E-state index is 0.122. The van der Waals surface area contributed by atoms with Crippen molar-refractivity contribution in [2.45, 2.75) is 44.7 Å². The van der Waals surface area contributed by atoms with Crippen LogP contribution in [0.1, 0.15) is 41.6 Å². The summed E-state index contributed by atoms with van der Waals surface area (Å²) in [5.41, 5.74) is 6.82. The Bertz CT molecular complexity index is 439. The summed E-state index contributed by atoms with van der Waals surface area (Å²) in [6, 6.07) is 4.94. The second-order valence-corrected chi connectivity index (χ2v) is 5.07. The van der Waals surface area contributed by atoms with Gasteiger partial charge in [0, 0.05) is 12.1 Å². The Morgan fingerprint density at radius 1 is 1.33 bits per heavy atom. The van der Waals surface area contributed by atoms with Crippen LogP contribution in [-0.2, 0) is 0 Å². The van der Waals surface area contributed by atoms with Gasteiger partial charge >= 0.3 is 0 Å². The topological polar surface area (TPSA) is 55.1 Å². The number of rotatable bonds is 2. The summed E-state index contributed by atoms with van der Waals surface area (Å²) in [5.74, 6) is -0.790. The highest BCUT2D eigenvalue weighted by Crippen LogP contribution is 2.18. The monoisotopic (exact) mass is 250 g/mol. The molecule has 1 amide bonds.